The molecule has 0 N–H and O–H groups in total. The summed E-state index contributed by atoms with van der Waals surface area (Å²) in [7, 11) is 0. The van der Waals surface area contributed by atoms with Crippen molar-refractivity contribution in [1.82, 2.24) is 0 Å². The third-order valence-corrected chi connectivity index (χ3v) is 4.46. The Morgan fingerprint density at radius 1 is 1.00 bits per heavy atom. The van der Waals surface area contributed by atoms with E-state index in [-0.39, 0.29) is 5.92 Å². The van der Waals surface area contributed by atoms with Gasteiger partial charge in [0, 0.05) is 11.5 Å². The van der Waals surface area contributed by atoms with Gasteiger partial charge >= 0.3 is 0 Å². The Balaban J connectivity index is 2.93. The van der Waals surface area contributed by atoms with Crippen LogP contribution in [-0.2, 0) is 0 Å². The van der Waals surface area contributed by atoms with Gasteiger partial charge < -0.3 is 0 Å². The molecule has 0 radical (unpaired) electrons. The Morgan fingerprint density at radius 2 is 1.60 bits per heavy atom. The highest BCUT2D eigenvalue weighted by Gasteiger charge is 2.30. The molecule has 3 atom stereocenters. The van der Waals surface area contributed by atoms with Gasteiger partial charge in [0.2, 0.25) is 0 Å². The fraction of sp³-hybridized carbons (Fsp3) is 0.632. The van der Waals surface area contributed by atoms with Gasteiger partial charge in [-0.1, -0.05) is 83.7 Å². The topological polar surface area (TPSA) is 17.1 Å². The number of carbonyl (C=O) groups excluding carboxylic acids is 1. The third-order valence-electron chi connectivity index (χ3n) is 4.46. The quantitative estimate of drug-likeness (QED) is 0.524. The monoisotopic (exact) mass is 274 g/mol. The van der Waals surface area contributed by atoms with Crippen molar-refractivity contribution in [2.24, 2.45) is 17.8 Å². The molecule has 20 heavy (non-hydrogen) atoms. The van der Waals surface area contributed by atoms with Crippen molar-refractivity contribution >= 4 is 5.78 Å². The van der Waals surface area contributed by atoms with Crippen LogP contribution in [0.1, 0.15) is 70.2 Å². The molecule has 0 heterocycles. The third kappa shape index (κ3) is 4.47. The Bertz CT molecular complexity index is 382. The summed E-state index contributed by atoms with van der Waals surface area (Å²) in [6.07, 6.45) is 5.63. The lowest BCUT2D eigenvalue weighted by atomic mass is 9.73. The van der Waals surface area contributed by atoms with Crippen LogP contribution >= 0.6 is 0 Å². The first-order valence-corrected chi connectivity index (χ1v) is 8.24. The van der Waals surface area contributed by atoms with Crippen molar-refractivity contribution in [1.29, 1.82) is 0 Å². The highest BCUT2D eigenvalue weighted by Crippen LogP contribution is 2.33. The average molecular weight is 274 g/mol. The number of ketones is 1. The molecule has 1 nitrogen and oxygen atoms in total. The molecule has 0 aliphatic heterocycles. The van der Waals surface area contributed by atoms with Gasteiger partial charge in [0.25, 0.3) is 0 Å². The van der Waals surface area contributed by atoms with Crippen LogP contribution in [0.4, 0.5) is 0 Å². The zero-order valence-electron chi connectivity index (χ0n) is 13.6. The molecular weight excluding hydrogens is 244 g/mol. The van der Waals surface area contributed by atoms with E-state index in [1.807, 2.05) is 30.3 Å². The largest absolute Gasteiger partial charge is 0.294 e. The maximum atomic E-state index is 12.8. The van der Waals surface area contributed by atoms with Crippen molar-refractivity contribution < 1.29 is 4.79 Å². The van der Waals surface area contributed by atoms with Crippen LogP contribution in [0.3, 0.4) is 0 Å². The lowest BCUT2D eigenvalue weighted by Crippen LogP contribution is -2.28. The molecule has 0 aliphatic carbocycles. The number of Topliss-reactive ketones (excluding diaryl/α,β-unsaturated/α-hetero) is 1. The van der Waals surface area contributed by atoms with Gasteiger partial charge in [-0.25, -0.2) is 0 Å². The minimum Gasteiger partial charge on any atom is -0.294 e. The number of hydrogen-bond donors (Lipinski definition) is 0. The Hall–Kier alpha value is -1.11. The maximum Gasteiger partial charge on any atom is 0.166 e. The average Bonchev–Trinajstić information content (AvgIpc) is 2.47. The van der Waals surface area contributed by atoms with E-state index in [4.69, 9.17) is 0 Å². The van der Waals surface area contributed by atoms with E-state index in [9.17, 15) is 4.79 Å². The van der Waals surface area contributed by atoms with E-state index in [0.29, 0.717) is 17.6 Å². The first kappa shape index (κ1) is 16.9. The van der Waals surface area contributed by atoms with Gasteiger partial charge in [-0.15, -0.1) is 0 Å². The summed E-state index contributed by atoms with van der Waals surface area (Å²) in [4.78, 5) is 12.8. The lowest BCUT2D eigenvalue weighted by Gasteiger charge is -2.30. The minimum absolute atomic E-state index is 0.189. The minimum atomic E-state index is 0.189. The van der Waals surface area contributed by atoms with Crippen LogP contribution in [0.15, 0.2) is 30.3 Å². The van der Waals surface area contributed by atoms with Crippen LogP contribution in [0.25, 0.3) is 0 Å². The normalized spacial score (nSPS) is 15.6. The molecule has 1 heteroatoms. The zero-order chi connectivity index (χ0) is 15.0. The second-order valence-electron chi connectivity index (χ2n) is 5.96. The Labute approximate surface area is 124 Å². The number of rotatable bonds is 9. The summed E-state index contributed by atoms with van der Waals surface area (Å²) in [6, 6.07) is 9.83. The van der Waals surface area contributed by atoms with Gasteiger partial charge in [0.05, 0.1) is 0 Å². The summed E-state index contributed by atoms with van der Waals surface area (Å²) in [6.45, 7) is 8.97. The van der Waals surface area contributed by atoms with Crippen LogP contribution < -0.4 is 0 Å². The predicted molar refractivity (Wildman–Crippen MR) is 87.0 cm³/mol. The van der Waals surface area contributed by atoms with Crippen molar-refractivity contribution in [2.45, 2.75) is 59.8 Å². The van der Waals surface area contributed by atoms with E-state index in [1.54, 1.807) is 0 Å². The first-order chi connectivity index (χ1) is 9.65. The second-order valence-corrected chi connectivity index (χ2v) is 5.96. The summed E-state index contributed by atoms with van der Waals surface area (Å²) in [5, 5.41) is 0. The van der Waals surface area contributed by atoms with Gasteiger partial charge in [0.1, 0.15) is 0 Å². The molecule has 0 saturated carbocycles. The molecule has 0 amide bonds. The van der Waals surface area contributed by atoms with Crippen LogP contribution in [0.2, 0.25) is 0 Å². The molecule has 0 aromatic heterocycles. The van der Waals surface area contributed by atoms with Crippen molar-refractivity contribution in [3.05, 3.63) is 35.9 Å². The smallest absolute Gasteiger partial charge is 0.166 e. The van der Waals surface area contributed by atoms with Gasteiger partial charge in [-0.05, 0) is 18.3 Å². The molecule has 1 aromatic rings. The number of hydrogen-bond acceptors (Lipinski definition) is 1. The second kappa shape index (κ2) is 8.94. The molecule has 112 valence electrons. The molecule has 0 bridgehead atoms. The van der Waals surface area contributed by atoms with Gasteiger partial charge in [-0.3, -0.25) is 4.79 Å². The lowest BCUT2D eigenvalue weighted by molar-refractivity contribution is 0.0811. The molecule has 0 aliphatic rings. The van der Waals surface area contributed by atoms with E-state index in [1.165, 1.54) is 12.8 Å². The molecular formula is C19H30O. The van der Waals surface area contributed by atoms with Crippen molar-refractivity contribution in [3.8, 4) is 0 Å². The molecule has 1 aromatic carbocycles. The molecule has 3 unspecified atom stereocenters. The van der Waals surface area contributed by atoms with Crippen LogP contribution in [-0.4, -0.2) is 5.78 Å². The summed E-state index contributed by atoms with van der Waals surface area (Å²) >= 11 is 0. The van der Waals surface area contributed by atoms with E-state index in [0.717, 1.165) is 24.8 Å². The highest BCUT2D eigenvalue weighted by molar-refractivity contribution is 5.98. The fourth-order valence-electron chi connectivity index (χ4n) is 3.42. The summed E-state index contributed by atoms with van der Waals surface area (Å²) in [5.74, 6) is 1.69. The number of benzene rings is 1. The molecule has 0 saturated heterocycles. The maximum absolute atomic E-state index is 12.8. The van der Waals surface area contributed by atoms with Crippen LogP contribution in [0, 0.1) is 17.8 Å². The fourth-order valence-corrected chi connectivity index (χ4v) is 3.42. The molecule has 1 rings (SSSR count). The molecule has 0 spiro atoms. The summed E-state index contributed by atoms with van der Waals surface area (Å²) in [5.41, 5.74) is 0.882. The Morgan fingerprint density at radius 3 is 2.10 bits per heavy atom. The van der Waals surface area contributed by atoms with Gasteiger partial charge in [-0.2, -0.15) is 0 Å². The zero-order valence-corrected chi connectivity index (χ0v) is 13.6. The predicted octanol–water partition coefficient (Wildman–Crippen LogP) is 5.75. The Kier molecular flexibility index (Phi) is 7.58. The SMILES string of the molecule is CCCC(C)C(CC)C(CCC)C(=O)c1ccccc1. The molecule has 0 fully saturated rings. The standard InChI is InChI=1S/C19H30O/c1-5-11-15(4)17(7-3)18(12-6-2)19(20)16-13-9-8-10-14-16/h8-10,13-15,17-18H,5-7,11-12H2,1-4H3. The van der Waals surface area contributed by atoms with Crippen molar-refractivity contribution in [3.63, 3.8) is 0 Å². The van der Waals surface area contributed by atoms with E-state index < -0.39 is 0 Å². The highest BCUT2D eigenvalue weighted by atomic mass is 16.1. The summed E-state index contributed by atoms with van der Waals surface area (Å²) < 4.78 is 0. The van der Waals surface area contributed by atoms with Crippen LogP contribution in [0.5, 0.6) is 0 Å². The number of carbonyl (C=O) groups is 1. The van der Waals surface area contributed by atoms with E-state index in [2.05, 4.69) is 27.7 Å². The first-order valence-electron chi connectivity index (χ1n) is 8.24. The van der Waals surface area contributed by atoms with E-state index >= 15 is 0 Å². The van der Waals surface area contributed by atoms with Crippen molar-refractivity contribution in [2.75, 3.05) is 0 Å². The van der Waals surface area contributed by atoms with Gasteiger partial charge in [0.15, 0.2) is 5.78 Å².